The molecule has 3 rings (SSSR count). The molecule has 0 unspecified atom stereocenters. The first-order valence-corrected chi connectivity index (χ1v) is 10.5. The summed E-state index contributed by atoms with van der Waals surface area (Å²) >= 11 is 6.25. The predicted molar refractivity (Wildman–Crippen MR) is 128 cm³/mol. The van der Waals surface area contributed by atoms with E-state index in [0.717, 1.165) is 5.56 Å². The molecular formula is C25H24ClN3O4. The van der Waals surface area contributed by atoms with Crippen LogP contribution in [0.5, 0.6) is 11.5 Å². The van der Waals surface area contributed by atoms with E-state index in [4.69, 9.17) is 21.1 Å². The molecule has 0 saturated heterocycles. The molecule has 0 fully saturated rings. The molecule has 0 aliphatic rings. The van der Waals surface area contributed by atoms with Crippen molar-refractivity contribution in [3.8, 4) is 11.5 Å². The summed E-state index contributed by atoms with van der Waals surface area (Å²) in [6.45, 7) is 0. The van der Waals surface area contributed by atoms with Crippen LogP contribution in [0, 0.1) is 0 Å². The summed E-state index contributed by atoms with van der Waals surface area (Å²) in [6, 6.07) is 20.9. The topological polar surface area (TPSA) is 89.0 Å². The van der Waals surface area contributed by atoms with Gasteiger partial charge in [0.2, 0.25) is 5.91 Å². The van der Waals surface area contributed by atoms with Gasteiger partial charge in [-0.25, -0.2) is 5.43 Å². The van der Waals surface area contributed by atoms with Crippen LogP contribution in [0.4, 0.5) is 0 Å². The lowest BCUT2D eigenvalue weighted by Gasteiger charge is -2.18. The molecule has 0 spiro atoms. The maximum Gasteiger partial charge on any atom is 0.251 e. The summed E-state index contributed by atoms with van der Waals surface area (Å²) in [5.74, 6) is 0.342. The predicted octanol–water partition coefficient (Wildman–Crippen LogP) is 4.37. The van der Waals surface area contributed by atoms with Gasteiger partial charge in [0.25, 0.3) is 5.91 Å². The lowest BCUT2D eigenvalue weighted by molar-refractivity contribution is -0.121. The summed E-state index contributed by atoms with van der Waals surface area (Å²) in [5.41, 5.74) is 4.36. The van der Waals surface area contributed by atoms with Gasteiger partial charge >= 0.3 is 0 Å². The molecule has 0 aromatic heterocycles. The average molecular weight is 466 g/mol. The molecule has 7 nitrogen and oxygen atoms in total. The SMILES string of the molecule is COc1cc(Cl)c(/C=N\NC(=O)C[C@@H](NC(=O)c2ccccc2)c2ccccc2)cc1OC. The zero-order chi connectivity index (χ0) is 23.6. The number of carbonyl (C=O) groups excluding carboxylic acids is 2. The van der Waals surface area contributed by atoms with E-state index < -0.39 is 6.04 Å². The van der Waals surface area contributed by atoms with Crippen LogP contribution < -0.4 is 20.2 Å². The highest BCUT2D eigenvalue weighted by molar-refractivity contribution is 6.33. The van der Waals surface area contributed by atoms with Crippen LogP contribution in [0.25, 0.3) is 0 Å². The molecule has 0 saturated carbocycles. The van der Waals surface area contributed by atoms with Gasteiger partial charge in [-0.05, 0) is 23.8 Å². The molecule has 33 heavy (non-hydrogen) atoms. The number of halogens is 1. The van der Waals surface area contributed by atoms with Gasteiger partial charge in [-0.1, -0.05) is 60.1 Å². The Balaban J connectivity index is 1.69. The second-order valence-electron chi connectivity index (χ2n) is 7.03. The van der Waals surface area contributed by atoms with Crippen LogP contribution in [0.2, 0.25) is 5.02 Å². The fraction of sp³-hybridized carbons (Fsp3) is 0.160. The van der Waals surface area contributed by atoms with Gasteiger partial charge in [0.15, 0.2) is 11.5 Å². The summed E-state index contributed by atoms with van der Waals surface area (Å²) in [7, 11) is 3.03. The third kappa shape index (κ3) is 6.57. The minimum Gasteiger partial charge on any atom is -0.493 e. The largest absolute Gasteiger partial charge is 0.493 e. The van der Waals surface area contributed by atoms with Crippen molar-refractivity contribution in [1.29, 1.82) is 0 Å². The Morgan fingerprint density at radius 3 is 2.21 bits per heavy atom. The van der Waals surface area contributed by atoms with Crippen LogP contribution in [-0.4, -0.2) is 32.2 Å². The number of nitrogens with zero attached hydrogens (tertiary/aromatic N) is 1. The minimum atomic E-state index is -0.529. The summed E-state index contributed by atoms with van der Waals surface area (Å²) < 4.78 is 10.5. The zero-order valence-electron chi connectivity index (χ0n) is 18.2. The molecule has 0 heterocycles. The fourth-order valence-electron chi connectivity index (χ4n) is 3.14. The van der Waals surface area contributed by atoms with Crippen LogP contribution in [-0.2, 0) is 4.79 Å². The van der Waals surface area contributed by atoms with Gasteiger partial charge < -0.3 is 14.8 Å². The molecule has 2 amide bonds. The molecule has 170 valence electrons. The monoisotopic (exact) mass is 465 g/mol. The van der Waals surface area contributed by atoms with E-state index in [-0.39, 0.29) is 18.2 Å². The number of hydrogen-bond acceptors (Lipinski definition) is 5. The van der Waals surface area contributed by atoms with Gasteiger partial charge in [-0.2, -0.15) is 5.10 Å². The van der Waals surface area contributed by atoms with Crippen molar-refractivity contribution >= 4 is 29.6 Å². The van der Waals surface area contributed by atoms with Crippen LogP contribution in [0.1, 0.15) is 33.9 Å². The molecule has 0 aliphatic carbocycles. The summed E-state index contributed by atoms with van der Waals surface area (Å²) in [4.78, 5) is 25.2. The second-order valence-corrected chi connectivity index (χ2v) is 7.44. The van der Waals surface area contributed by atoms with Crippen molar-refractivity contribution in [2.45, 2.75) is 12.5 Å². The number of carbonyl (C=O) groups is 2. The van der Waals surface area contributed by atoms with Crippen molar-refractivity contribution < 1.29 is 19.1 Å². The minimum absolute atomic E-state index is 0.000404. The number of rotatable bonds is 9. The maximum absolute atomic E-state index is 12.6. The van der Waals surface area contributed by atoms with E-state index in [9.17, 15) is 9.59 Å². The van der Waals surface area contributed by atoms with Crippen LogP contribution in [0.15, 0.2) is 77.9 Å². The molecule has 1 atom stereocenters. The lowest BCUT2D eigenvalue weighted by atomic mass is 10.0. The fourth-order valence-corrected chi connectivity index (χ4v) is 3.34. The highest BCUT2D eigenvalue weighted by Gasteiger charge is 2.19. The zero-order valence-corrected chi connectivity index (χ0v) is 19.0. The molecule has 0 radical (unpaired) electrons. The van der Waals surface area contributed by atoms with E-state index in [1.165, 1.54) is 20.4 Å². The maximum atomic E-state index is 12.6. The first-order valence-electron chi connectivity index (χ1n) is 10.2. The quantitative estimate of drug-likeness (QED) is 0.363. The number of hydrogen-bond donors (Lipinski definition) is 2. The normalized spacial score (nSPS) is 11.6. The van der Waals surface area contributed by atoms with E-state index in [0.29, 0.717) is 27.6 Å². The number of amides is 2. The first-order chi connectivity index (χ1) is 16.0. The first kappa shape index (κ1) is 23.8. The third-order valence-electron chi connectivity index (χ3n) is 4.83. The molecule has 0 aliphatic heterocycles. The van der Waals surface area contributed by atoms with Crippen molar-refractivity contribution in [1.82, 2.24) is 10.7 Å². The Bertz CT molecular complexity index is 1120. The van der Waals surface area contributed by atoms with Gasteiger partial charge in [0, 0.05) is 17.2 Å². The van der Waals surface area contributed by atoms with E-state index in [2.05, 4.69) is 15.8 Å². The summed E-state index contributed by atoms with van der Waals surface area (Å²) in [6.07, 6.45) is 1.42. The standard InChI is InChI=1S/C25H24ClN3O4/c1-32-22-13-19(20(26)14-23(22)33-2)16-27-29-24(30)15-21(17-9-5-3-6-10-17)28-25(31)18-11-7-4-8-12-18/h3-14,16,21H,15H2,1-2H3,(H,28,31)(H,29,30)/b27-16-/t21-/m1/s1. The molecule has 3 aromatic rings. The van der Waals surface area contributed by atoms with Crippen molar-refractivity contribution in [3.05, 3.63) is 94.5 Å². The highest BCUT2D eigenvalue weighted by atomic mass is 35.5. The molecule has 8 heteroatoms. The smallest absolute Gasteiger partial charge is 0.251 e. The van der Waals surface area contributed by atoms with E-state index in [1.54, 1.807) is 36.4 Å². The number of ether oxygens (including phenoxy) is 2. The Labute approximate surface area is 197 Å². The van der Waals surface area contributed by atoms with Crippen LogP contribution >= 0.6 is 11.6 Å². The van der Waals surface area contributed by atoms with Gasteiger partial charge in [-0.15, -0.1) is 0 Å². The van der Waals surface area contributed by atoms with Crippen molar-refractivity contribution in [3.63, 3.8) is 0 Å². The Morgan fingerprint density at radius 1 is 0.970 bits per heavy atom. The lowest BCUT2D eigenvalue weighted by Crippen LogP contribution is -2.32. The van der Waals surface area contributed by atoms with Crippen LogP contribution in [0.3, 0.4) is 0 Å². The molecule has 2 N–H and O–H groups in total. The third-order valence-corrected chi connectivity index (χ3v) is 5.16. The van der Waals surface area contributed by atoms with Crippen molar-refractivity contribution in [2.24, 2.45) is 5.10 Å². The highest BCUT2D eigenvalue weighted by Crippen LogP contribution is 2.32. The van der Waals surface area contributed by atoms with Gasteiger partial charge in [0.05, 0.1) is 37.9 Å². The van der Waals surface area contributed by atoms with E-state index >= 15 is 0 Å². The van der Waals surface area contributed by atoms with Crippen molar-refractivity contribution in [2.75, 3.05) is 14.2 Å². The summed E-state index contributed by atoms with van der Waals surface area (Å²) in [5, 5.41) is 7.31. The number of methoxy groups -OCH3 is 2. The second kappa shape index (κ2) is 11.7. The van der Waals surface area contributed by atoms with Gasteiger partial charge in [0.1, 0.15) is 0 Å². The Morgan fingerprint density at radius 2 is 1.58 bits per heavy atom. The average Bonchev–Trinajstić information content (AvgIpc) is 2.85. The van der Waals surface area contributed by atoms with Gasteiger partial charge in [-0.3, -0.25) is 9.59 Å². The molecule has 3 aromatic carbocycles. The molecular weight excluding hydrogens is 442 g/mol. The Kier molecular flexibility index (Phi) is 8.43. The Hall–Kier alpha value is -3.84. The number of hydrazone groups is 1. The molecule has 0 bridgehead atoms. The number of benzene rings is 3. The number of nitrogens with one attached hydrogen (secondary N) is 2. The van der Waals surface area contributed by atoms with E-state index in [1.807, 2.05) is 36.4 Å².